The Morgan fingerprint density at radius 2 is 2.19 bits per heavy atom. The summed E-state index contributed by atoms with van der Waals surface area (Å²) in [4.78, 5) is 15.3. The first-order chi connectivity index (χ1) is 9.99. The molecule has 6 heteroatoms. The van der Waals surface area contributed by atoms with E-state index in [9.17, 15) is 13.6 Å². The minimum absolute atomic E-state index is 0.156. The van der Waals surface area contributed by atoms with Crippen LogP contribution in [0.25, 0.3) is 0 Å². The Hall–Kier alpha value is -1.95. The number of hydrogen-bond acceptors (Lipinski definition) is 3. The number of rotatable bonds is 1. The van der Waals surface area contributed by atoms with Gasteiger partial charge in [-0.2, -0.15) is 0 Å². The topological polar surface area (TPSA) is 46.3 Å². The van der Waals surface area contributed by atoms with Gasteiger partial charge in [0.25, 0.3) is 5.91 Å². The number of thiophene rings is 1. The summed E-state index contributed by atoms with van der Waals surface area (Å²) >= 11 is 1.65. The average Bonchev–Trinajstić information content (AvgIpc) is 2.92. The van der Waals surface area contributed by atoms with E-state index in [0.29, 0.717) is 6.54 Å². The van der Waals surface area contributed by atoms with Crippen molar-refractivity contribution in [1.29, 1.82) is 0 Å². The highest BCUT2D eigenvalue weighted by Gasteiger charge is 2.30. The molecule has 110 valence electrons. The van der Waals surface area contributed by atoms with Gasteiger partial charge in [0.2, 0.25) is 0 Å². The highest BCUT2D eigenvalue weighted by atomic mass is 32.1. The summed E-state index contributed by atoms with van der Waals surface area (Å²) in [6, 6.07) is 3.60. The van der Waals surface area contributed by atoms with E-state index in [4.69, 9.17) is 5.73 Å². The molecule has 0 saturated heterocycles. The number of halogens is 2. The molecule has 21 heavy (non-hydrogen) atoms. The highest BCUT2D eigenvalue weighted by molar-refractivity contribution is 7.10. The molecule has 2 aromatic rings. The van der Waals surface area contributed by atoms with Crippen molar-refractivity contribution in [2.24, 2.45) is 0 Å². The van der Waals surface area contributed by atoms with Gasteiger partial charge in [-0.15, -0.1) is 11.3 Å². The van der Waals surface area contributed by atoms with Crippen molar-refractivity contribution in [1.82, 2.24) is 4.90 Å². The second-order valence-corrected chi connectivity index (χ2v) is 6.08. The first-order valence-corrected chi connectivity index (χ1v) is 7.48. The number of hydrogen-bond donors (Lipinski definition) is 1. The van der Waals surface area contributed by atoms with Crippen LogP contribution in [0, 0.1) is 11.6 Å². The Bertz CT molecular complexity index is 714. The molecule has 1 aromatic carbocycles. The van der Waals surface area contributed by atoms with Gasteiger partial charge in [0.05, 0.1) is 17.3 Å². The lowest BCUT2D eigenvalue weighted by molar-refractivity contribution is 0.0674. The fourth-order valence-electron chi connectivity index (χ4n) is 2.71. The predicted molar refractivity (Wildman–Crippen MR) is 78.2 cm³/mol. The van der Waals surface area contributed by atoms with Crippen molar-refractivity contribution in [3.63, 3.8) is 0 Å². The van der Waals surface area contributed by atoms with Crippen molar-refractivity contribution >= 4 is 22.9 Å². The fraction of sp³-hybridized carbons (Fsp3) is 0.267. The second kappa shape index (κ2) is 5.11. The van der Waals surface area contributed by atoms with E-state index in [2.05, 4.69) is 0 Å². The number of carbonyl (C=O) groups excluding carboxylic acids is 1. The number of fused-ring (bicyclic) bond motifs is 1. The van der Waals surface area contributed by atoms with E-state index in [0.717, 1.165) is 24.1 Å². The van der Waals surface area contributed by atoms with Gasteiger partial charge >= 0.3 is 0 Å². The quantitative estimate of drug-likeness (QED) is 0.821. The Morgan fingerprint density at radius 1 is 1.43 bits per heavy atom. The van der Waals surface area contributed by atoms with E-state index in [-0.39, 0.29) is 17.3 Å². The molecule has 2 N–H and O–H groups in total. The largest absolute Gasteiger partial charge is 0.396 e. The summed E-state index contributed by atoms with van der Waals surface area (Å²) in [6.45, 7) is 2.38. The third-order valence-electron chi connectivity index (χ3n) is 3.83. The van der Waals surface area contributed by atoms with Gasteiger partial charge in [-0.3, -0.25) is 4.79 Å². The van der Waals surface area contributed by atoms with Crippen LogP contribution >= 0.6 is 11.3 Å². The highest BCUT2D eigenvalue weighted by Crippen LogP contribution is 2.34. The van der Waals surface area contributed by atoms with Crippen molar-refractivity contribution in [2.75, 3.05) is 12.3 Å². The zero-order valence-electron chi connectivity index (χ0n) is 11.4. The van der Waals surface area contributed by atoms with Crippen LogP contribution in [0.1, 0.15) is 33.8 Å². The zero-order valence-corrected chi connectivity index (χ0v) is 12.2. The smallest absolute Gasteiger partial charge is 0.257 e. The van der Waals surface area contributed by atoms with Crippen LogP contribution in [0.4, 0.5) is 14.5 Å². The lowest BCUT2D eigenvalue weighted by Gasteiger charge is -2.33. The molecule has 1 aromatic heterocycles. The third-order valence-corrected chi connectivity index (χ3v) is 4.83. The molecular weight excluding hydrogens is 294 g/mol. The van der Waals surface area contributed by atoms with Gasteiger partial charge in [-0.05, 0) is 42.5 Å². The fourth-order valence-corrected chi connectivity index (χ4v) is 3.67. The molecule has 0 aliphatic carbocycles. The summed E-state index contributed by atoms with van der Waals surface area (Å²) in [6.07, 6.45) is 0.732. The van der Waals surface area contributed by atoms with Crippen LogP contribution in [0.3, 0.4) is 0 Å². The number of nitrogens with zero attached hydrogens (tertiary/aromatic N) is 1. The van der Waals surface area contributed by atoms with Crippen molar-refractivity contribution in [3.05, 3.63) is 51.2 Å². The summed E-state index contributed by atoms with van der Waals surface area (Å²) in [5.41, 5.74) is 5.82. The molecule has 3 nitrogen and oxygen atoms in total. The molecule has 0 fully saturated rings. The molecule has 0 bridgehead atoms. The number of anilines is 1. The zero-order chi connectivity index (χ0) is 15.1. The van der Waals surface area contributed by atoms with Gasteiger partial charge in [-0.25, -0.2) is 8.78 Å². The van der Waals surface area contributed by atoms with Gasteiger partial charge in [0, 0.05) is 11.4 Å². The van der Waals surface area contributed by atoms with E-state index in [1.807, 2.05) is 18.4 Å². The molecular formula is C15H14F2N2OS. The first-order valence-electron chi connectivity index (χ1n) is 6.60. The molecule has 1 atom stereocenters. The summed E-state index contributed by atoms with van der Waals surface area (Å²) in [5.74, 6) is -2.09. The molecule has 1 amide bonds. The molecule has 2 heterocycles. The average molecular weight is 308 g/mol. The minimum atomic E-state index is -0.857. The van der Waals surface area contributed by atoms with Crippen molar-refractivity contribution in [2.45, 2.75) is 19.4 Å². The molecule has 1 aliphatic rings. The van der Waals surface area contributed by atoms with E-state index in [1.54, 1.807) is 16.2 Å². The summed E-state index contributed by atoms with van der Waals surface area (Å²) < 4.78 is 27.4. The van der Waals surface area contributed by atoms with Crippen LogP contribution in [0.2, 0.25) is 0 Å². The molecule has 0 radical (unpaired) electrons. The second-order valence-electron chi connectivity index (χ2n) is 5.08. The molecule has 0 saturated carbocycles. The van der Waals surface area contributed by atoms with Crippen LogP contribution in [-0.2, 0) is 6.42 Å². The van der Waals surface area contributed by atoms with Crippen molar-refractivity contribution in [3.8, 4) is 0 Å². The Kier molecular flexibility index (Phi) is 3.41. The molecule has 0 spiro atoms. The standard InChI is InChI=1S/C15H14F2N2OS/c1-8-10-3-5-21-13(10)2-4-19(8)15(20)11-6-9(16)7-12(18)14(11)17/h3,5-8H,2,4,18H2,1H3. The van der Waals surface area contributed by atoms with Crippen LogP contribution < -0.4 is 5.73 Å². The van der Waals surface area contributed by atoms with Gasteiger partial charge < -0.3 is 10.6 Å². The van der Waals surface area contributed by atoms with Crippen LogP contribution in [-0.4, -0.2) is 17.4 Å². The molecule has 1 unspecified atom stereocenters. The maximum atomic E-state index is 14.0. The number of benzene rings is 1. The van der Waals surface area contributed by atoms with Crippen LogP contribution in [0.15, 0.2) is 23.6 Å². The Morgan fingerprint density at radius 3 is 2.95 bits per heavy atom. The summed E-state index contributed by atoms with van der Waals surface area (Å²) in [7, 11) is 0. The maximum Gasteiger partial charge on any atom is 0.257 e. The first kappa shape index (κ1) is 14.0. The lowest BCUT2D eigenvalue weighted by Crippen LogP contribution is -2.38. The number of nitrogens with two attached hydrogens (primary N) is 1. The number of amides is 1. The Balaban J connectivity index is 1.97. The number of nitrogen functional groups attached to an aromatic ring is 1. The molecule has 3 rings (SSSR count). The van der Waals surface area contributed by atoms with Gasteiger partial charge in [0.15, 0.2) is 5.82 Å². The monoisotopic (exact) mass is 308 g/mol. The third kappa shape index (κ3) is 2.29. The lowest BCUT2D eigenvalue weighted by atomic mass is 10.00. The van der Waals surface area contributed by atoms with Crippen molar-refractivity contribution < 1.29 is 13.6 Å². The predicted octanol–water partition coefficient (Wildman–Crippen LogP) is 3.37. The maximum absolute atomic E-state index is 14.0. The summed E-state index contributed by atoms with van der Waals surface area (Å²) in [5, 5.41) is 1.98. The minimum Gasteiger partial charge on any atom is -0.396 e. The van der Waals surface area contributed by atoms with Gasteiger partial charge in [0.1, 0.15) is 5.82 Å². The number of carbonyl (C=O) groups is 1. The van der Waals surface area contributed by atoms with E-state index >= 15 is 0 Å². The molecule has 1 aliphatic heterocycles. The van der Waals surface area contributed by atoms with Gasteiger partial charge in [-0.1, -0.05) is 0 Å². The van der Waals surface area contributed by atoms with E-state index in [1.165, 1.54) is 4.88 Å². The van der Waals surface area contributed by atoms with Crippen LogP contribution in [0.5, 0.6) is 0 Å². The van der Waals surface area contributed by atoms with E-state index < -0.39 is 17.5 Å². The normalized spacial score (nSPS) is 17.7. The Labute approximate surface area is 125 Å². The SMILES string of the molecule is CC1c2ccsc2CCN1C(=O)c1cc(F)cc(N)c1F.